The molecule has 2 aromatic carbocycles. The van der Waals surface area contributed by atoms with Crippen LogP contribution in [0.2, 0.25) is 0 Å². The van der Waals surface area contributed by atoms with E-state index in [1.165, 1.54) is 17.7 Å². The van der Waals surface area contributed by atoms with Crippen molar-refractivity contribution in [2.24, 2.45) is 0 Å². The van der Waals surface area contributed by atoms with Gasteiger partial charge in [-0.05, 0) is 44.0 Å². The molecule has 0 spiro atoms. The van der Waals surface area contributed by atoms with Crippen LogP contribution in [0.3, 0.4) is 0 Å². The molecular weight excluding hydrogens is 368 g/mol. The first-order chi connectivity index (χ1) is 14.1. The Bertz CT molecular complexity index is 841. The Morgan fingerprint density at radius 2 is 1.90 bits per heavy atom. The molecule has 0 bridgehead atoms. The van der Waals surface area contributed by atoms with Crippen molar-refractivity contribution < 1.29 is 9.72 Å². The lowest BCUT2D eigenvalue weighted by Crippen LogP contribution is -2.35. The highest BCUT2D eigenvalue weighted by Gasteiger charge is 2.24. The molecule has 0 unspecified atom stereocenters. The minimum Gasteiger partial charge on any atom is -0.387 e. The van der Waals surface area contributed by atoms with Crippen LogP contribution in [-0.2, 0) is 6.42 Å². The van der Waals surface area contributed by atoms with Crippen molar-refractivity contribution in [3.05, 3.63) is 69.8 Å². The van der Waals surface area contributed by atoms with Crippen LogP contribution in [0.5, 0.6) is 0 Å². The monoisotopic (exact) mass is 396 g/mol. The van der Waals surface area contributed by atoms with Gasteiger partial charge in [-0.1, -0.05) is 30.3 Å². The molecule has 1 amide bonds. The van der Waals surface area contributed by atoms with Crippen LogP contribution < -0.4 is 5.32 Å². The number of nitrogens with one attached hydrogen (secondary N) is 1. The molecule has 7 heteroatoms. The second-order valence-electron chi connectivity index (χ2n) is 7.31. The van der Waals surface area contributed by atoms with Gasteiger partial charge in [-0.25, -0.2) is 0 Å². The first-order valence-electron chi connectivity index (χ1n) is 10.1. The summed E-state index contributed by atoms with van der Waals surface area (Å²) in [5, 5.41) is 14.1. The van der Waals surface area contributed by atoms with Gasteiger partial charge in [-0.3, -0.25) is 14.9 Å². The van der Waals surface area contributed by atoms with Gasteiger partial charge >= 0.3 is 0 Å². The zero-order chi connectivity index (χ0) is 20.6. The van der Waals surface area contributed by atoms with E-state index in [1.807, 2.05) is 11.0 Å². The van der Waals surface area contributed by atoms with E-state index in [9.17, 15) is 14.9 Å². The van der Waals surface area contributed by atoms with Crippen molar-refractivity contribution in [1.29, 1.82) is 0 Å². The fraction of sp³-hybridized carbons (Fsp3) is 0.409. The molecule has 29 heavy (non-hydrogen) atoms. The zero-order valence-electron chi connectivity index (χ0n) is 16.8. The van der Waals surface area contributed by atoms with E-state index >= 15 is 0 Å². The number of rotatable bonds is 7. The van der Waals surface area contributed by atoms with Crippen LogP contribution in [0.1, 0.15) is 28.8 Å². The number of benzene rings is 2. The van der Waals surface area contributed by atoms with Gasteiger partial charge in [-0.2, -0.15) is 0 Å². The fourth-order valence-electron chi connectivity index (χ4n) is 3.76. The molecule has 0 aliphatic carbocycles. The van der Waals surface area contributed by atoms with Crippen molar-refractivity contribution in [1.82, 2.24) is 9.80 Å². The maximum atomic E-state index is 13.1. The Kier molecular flexibility index (Phi) is 7.19. The summed E-state index contributed by atoms with van der Waals surface area (Å²) in [5.74, 6) is -0.149. The molecule has 1 fully saturated rings. The number of nitro groups is 1. The van der Waals surface area contributed by atoms with Gasteiger partial charge in [0.25, 0.3) is 11.6 Å². The molecule has 0 aromatic heterocycles. The van der Waals surface area contributed by atoms with Crippen LogP contribution in [0, 0.1) is 10.1 Å². The molecule has 0 saturated carbocycles. The maximum absolute atomic E-state index is 13.1. The number of carbonyl (C=O) groups excluding carboxylic acids is 1. The summed E-state index contributed by atoms with van der Waals surface area (Å²) in [6.07, 6.45) is 3.05. The Morgan fingerprint density at radius 1 is 1.10 bits per heavy atom. The number of carbonyl (C=O) groups is 1. The summed E-state index contributed by atoms with van der Waals surface area (Å²) < 4.78 is 0. The average molecular weight is 396 g/mol. The van der Waals surface area contributed by atoms with E-state index < -0.39 is 4.92 Å². The van der Waals surface area contributed by atoms with Crippen LogP contribution in [0.4, 0.5) is 11.4 Å². The van der Waals surface area contributed by atoms with Crippen molar-refractivity contribution >= 4 is 17.3 Å². The molecule has 0 atom stereocenters. The Hall–Kier alpha value is -2.93. The average Bonchev–Trinajstić information content (AvgIpc) is 2.99. The second-order valence-corrected chi connectivity index (χ2v) is 7.31. The van der Waals surface area contributed by atoms with Crippen molar-refractivity contribution in [2.75, 3.05) is 45.1 Å². The molecule has 154 valence electrons. The summed E-state index contributed by atoms with van der Waals surface area (Å²) >= 11 is 0. The maximum Gasteiger partial charge on any atom is 0.270 e. The lowest BCUT2D eigenvalue weighted by atomic mass is 10.1. The third-order valence-corrected chi connectivity index (χ3v) is 5.37. The molecule has 1 aliphatic rings. The summed E-state index contributed by atoms with van der Waals surface area (Å²) in [7, 11) is 1.72. The largest absolute Gasteiger partial charge is 0.387 e. The predicted octanol–water partition coefficient (Wildman–Crippen LogP) is 3.42. The van der Waals surface area contributed by atoms with E-state index in [2.05, 4.69) is 34.5 Å². The van der Waals surface area contributed by atoms with Crippen LogP contribution in [-0.4, -0.2) is 60.4 Å². The first-order valence-corrected chi connectivity index (χ1v) is 10.1. The standard InChI is InChI=1S/C22H28N4O3/c1-23-21-11-10-19(26(28)29)17-20(21)22(27)25-14-6-13-24(15-16-25)12-5-9-18-7-3-2-4-8-18/h2-4,7-8,10-11,17,23H,5-6,9,12-16H2,1H3. The minimum absolute atomic E-state index is 0.0651. The Balaban J connectivity index is 1.58. The molecule has 2 aromatic rings. The number of anilines is 1. The molecule has 1 heterocycles. The lowest BCUT2D eigenvalue weighted by Gasteiger charge is -2.23. The zero-order valence-corrected chi connectivity index (χ0v) is 16.8. The number of nitrogens with zero attached hydrogens (tertiary/aromatic N) is 3. The van der Waals surface area contributed by atoms with Gasteiger partial charge in [-0.15, -0.1) is 0 Å². The highest BCUT2D eigenvalue weighted by atomic mass is 16.6. The molecule has 1 N–H and O–H groups in total. The van der Waals surface area contributed by atoms with Gasteiger partial charge in [0.1, 0.15) is 0 Å². The predicted molar refractivity (Wildman–Crippen MR) is 114 cm³/mol. The van der Waals surface area contributed by atoms with Gasteiger partial charge in [0.05, 0.1) is 10.5 Å². The molecule has 1 saturated heterocycles. The number of hydrogen-bond donors (Lipinski definition) is 1. The number of aryl methyl sites for hydroxylation is 1. The molecule has 7 nitrogen and oxygen atoms in total. The van der Waals surface area contributed by atoms with Crippen LogP contribution in [0.25, 0.3) is 0 Å². The molecule has 0 radical (unpaired) electrons. The number of hydrogen-bond acceptors (Lipinski definition) is 5. The third kappa shape index (κ3) is 5.54. The van der Waals surface area contributed by atoms with E-state index in [0.717, 1.165) is 38.9 Å². The molecule has 1 aliphatic heterocycles. The lowest BCUT2D eigenvalue weighted by molar-refractivity contribution is -0.384. The molecular formula is C22H28N4O3. The highest BCUT2D eigenvalue weighted by Crippen LogP contribution is 2.24. The van der Waals surface area contributed by atoms with Crippen LogP contribution in [0.15, 0.2) is 48.5 Å². The summed E-state index contributed by atoms with van der Waals surface area (Å²) in [6, 6.07) is 14.9. The number of nitro benzene ring substituents is 1. The first kappa shape index (κ1) is 20.8. The summed E-state index contributed by atoms with van der Waals surface area (Å²) in [4.78, 5) is 27.9. The Morgan fingerprint density at radius 3 is 2.62 bits per heavy atom. The Labute approximate surface area is 171 Å². The summed E-state index contributed by atoms with van der Waals surface area (Å²) in [6.45, 7) is 4.10. The van der Waals surface area contributed by atoms with Crippen molar-refractivity contribution in [3.8, 4) is 0 Å². The minimum atomic E-state index is -0.465. The normalized spacial score (nSPS) is 15.0. The quantitative estimate of drug-likeness (QED) is 0.573. The SMILES string of the molecule is CNc1ccc([N+](=O)[O-])cc1C(=O)N1CCCN(CCCc2ccccc2)CC1. The molecule has 3 rings (SSSR count). The topological polar surface area (TPSA) is 78.7 Å². The fourth-order valence-corrected chi connectivity index (χ4v) is 3.76. The number of amides is 1. The van der Waals surface area contributed by atoms with E-state index in [1.54, 1.807) is 13.1 Å². The highest BCUT2D eigenvalue weighted by molar-refractivity contribution is 6.00. The van der Waals surface area contributed by atoms with E-state index in [4.69, 9.17) is 0 Å². The smallest absolute Gasteiger partial charge is 0.270 e. The van der Waals surface area contributed by atoms with Gasteiger partial charge in [0.15, 0.2) is 0 Å². The third-order valence-electron chi connectivity index (χ3n) is 5.37. The van der Waals surface area contributed by atoms with E-state index in [0.29, 0.717) is 24.3 Å². The van der Waals surface area contributed by atoms with Gasteiger partial charge < -0.3 is 15.1 Å². The van der Waals surface area contributed by atoms with Gasteiger partial charge in [0, 0.05) is 44.5 Å². The summed E-state index contributed by atoms with van der Waals surface area (Å²) in [5.41, 5.74) is 2.26. The second kappa shape index (κ2) is 10.0. The van der Waals surface area contributed by atoms with Gasteiger partial charge in [0.2, 0.25) is 0 Å². The van der Waals surface area contributed by atoms with Crippen LogP contribution >= 0.6 is 0 Å². The van der Waals surface area contributed by atoms with E-state index in [-0.39, 0.29) is 11.6 Å². The number of non-ortho nitro benzene ring substituents is 1. The van der Waals surface area contributed by atoms with Crippen molar-refractivity contribution in [2.45, 2.75) is 19.3 Å². The van der Waals surface area contributed by atoms with Crippen molar-refractivity contribution in [3.63, 3.8) is 0 Å².